The van der Waals surface area contributed by atoms with Gasteiger partial charge >= 0.3 is 12.1 Å². The van der Waals surface area contributed by atoms with Crippen LogP contribution in [0.2, 0.25) is 5.02 Å². The summed E-state index contributed by atoms with van der Waals surface area (Å²) >= 11 is 7.48. The highest BCUT2D eigenvalue weighted by Crippen LogP contribution is 2.49. The Morgan fingerprint density at radius 1 is 0.884 bits per heavy atom. The maximum absolute atomic E-state index is 16.1. The lowest BCUT2D eigenvalue weighted by atomic mass is 9.94. The summed E-state index contributed by atoms with van der Waals surface area (Å²) in [5, 5.41) is 39.2. The number of likely N-dealkylation sites (tertiary alicyclic amines) is 2. The number of amides is 3. The zero-order chi connectivity index (χ0) is 60.9. The second-order valence-electron chi connectivity index (χ2n) is 23.8. The number of pyridine rings is 1. The Labute approximate surface area is 502 Å². The number of halogens is 2. The van der Waals surface area contributed by atoms with Crippen molar-refractivity contribution in [1.29, 1.82) is 0 Å². The number of piperazine rings is 1. The van der Waals surface area contributed by atoms with E-state index in [-0.39, 0.29) is 79.8 Å². The first-order valence-corrected chi connectivity index (χ1v) is 29.2. The third kappa shape index (κ3) is 12.0. The molecule has 4 aromatic heterocycles. The Balaban J connectivity index is 0.872. The van der Waals surface area contributed by atoms with Crippen molar-refractivity contribution < 1.29 is 47.9 Å². The van der Waals surface area contributed by atoms with E-state index in [0.29, 0.717) is 80.6 Å². The van der Waals surface area contributed by atoms with Gasteiger partial charge in [-0.2, -0.15) is 15.1 Å². The quantitative estimate of drug-likeness (QED) is 0.0727. The van der Waals surface area contributed by atoms with Crippen molar-refractivity contribution in [3.8, 4) is 45.3 Å². The second-order valence-corrected chi connectivity index (χ2v) is 24.2. The number of benzene rings is 4. The summed E-state index contributed by atoms with van der Waals surface area (Å²) in [5.41, 5.74) is 5.72. The van der Waals surface area contributed by atoms with Gasteiger partial charge in [-0.1, -0.05) is 85.3 Å². The zero-order valence-electron chi connectivity index (χ0n) is 49.4. The van der Waals surface area contributed by atoms with Gasteiger partial charge in [-0.3, -0.25) is 19.3 Å². The molecule has 2 bridgehead atoms. The van der Waals surface area contributed by atoms with Gasteiger partial charge in [0.15, 0.2) is 5.75 Å². The summed E-state index contributed by atoms with van der Waals surface area (Å²) in [6.07, 6.45) is 6.02. The lowest BCUT2D eigenvalue weighted by Gasteiger charge is -2.36. The van der Waals surface area contributed by atoms with Crippen LogP contribution < -0.4 is 19.7 Å². The number of hydrogen-bond acceptors (Lipinski definition) is 16. The first-order valence-electron chi connectivity index (χ1n) is 28.8. The number of aryl methyl sites for hydroxylation is 1. The van der Waals surface area contributed by atoms with Crippen LogP contribution in [0.15, 0.2) is 97.6 Å². The number of aliphatic hydroxyl groups excluding tert-OH is 2. The minimum absolute atomic E-state index is 0.00663. The molecule has 0 spiro atoms. The number of aliphatic hydroxyl groups is 2. The number of anilines is 1. The van der Waals surface area contributed by atoms with Crippen molar-refractivity contribution in [2.45, 2.75) is 116 Å². The molecule has 7 heterocycles. The van der Waals surface area contributed by atoms with Gasteiger partial charge in [0.05, 0.1) is 53.7 Å². The van der Waals surface area contributed by atoms with Gasteiger partial charge in [0.25, 0.3) is 0 Å². The normalized spacial score (nSPS) is 18.7. The molecule has 21 nitrogen and oxygen atoms in total. The molecule has 3 fully saturated rings. The van der Waals surface area contributed by atoms with Crippen LogP contribution >= 0.6 is 11.6 Å². The van der Waals surface area contributed by atoms with Crippen LogP contribution in [-0.4, -0.2) is 154 Å². The number of ether oxygens (including phenoxy) is 4. The fourth-order valence-corrected chi connectivity index (χ4v) is 12.1. The summed E-state index contributed by atoms with van der Waals surface area (Å²) in [4.78, 5) is 61.6. The van der Waals surface area contributed by atoms with E-state index in [0.717, 1.165) is 16.7 Å². The number of fused-ring (bicyclic) bond motifs is 4. The minimum atomic E-state index is -1.01. The standard InChI is InChI=1S/C63H70ClFN12O9/c1-34(2)56(60(81)76-28-44(79)22-52(76)59(80)67-51(31-78)40-18-16-38(17-19-40)41-11-10-20-66-25-41)77-30-50(70-72-77)39-14-12-37(13-15-39)33-84-57-54(53-36(4)48(65)24-49-46(53)29-73(8)71-49)47(64)23-45-55(57)68-61(85-32-35(3)83-9)69-58(45)74-26-43-21-42(74)27-75(43)62(82)86-63(5,6)7/h10-20,23-25,29-30,34-35,42-44,51-52,56,78-79H,21-22,26-28,31-33H2,1-9H3,(H,67,80)/t35-,42-,43-,44+,51-,52-,56-/m0/s1. The van der Waals surface area contributed by atoms with E-state index in [4.69, 9.17) is 40.5 Å². The maximum Gasteiger partial charge on any atom is 0.410 e. The molecule has 0 aliphatic carbocycles. The minimum Gasteiger partial charge on any atom is -0.486 e. The summed E-state index contributed by atoms with van der Waals surface area (Å²) in [6.45, 7) is 13.4. The Bertz CT molecular complexity index is 3820. The van der Waals surface area contributed by atoms with Gasteiger partial charge in [0.1, 0.15) is 53.7 Å². The molecule has 11 rings (SSSR count). The average molecular weight is 1190 g/mol. The Morgan fingerprint density at radius 3 is 2.31 bits per heavy atom. The molecule has 3 aliphatic heterocycles. The van der Waals surface area contributed by atoms with Crippen molar-refractivity contribution in [3.63, 3.8) is 0 Å². The number of rotatable bonds is 18. The van der Waals surface area contributed by atoms with Crippen molar-refractivity contribution in [1.82, 2.24) is 54.8 Å². The fourth-order valence-electron chi connectivity index (χ4n) is 11.8. The maximum atomic E-state index is 16.1. The van der Waals surface area contributed by atoms with Gasteiger partial charge in [-0.25, -0.2) is 13.9 Å². The van der Waals surface area contributed by atoms with Gasteiger partial charge in [-0.05, 0) is 86.9 Å². The molecule has 86 heavy (non-hydrogen) atoms. The number of carbonyl (C=O) groups is 3. The summed E-state index contributed by atoms with van der Waals surface area (Å²) in [5.74, 6) is -0.924. The molecule has 4 aromatic carbocycles. The molecule has 3 N–H and O–H groups in total. The molecule has 7 atom stereocenters. The van der Waals surface area contributed by atoms with Gasteiger partial charge < -0.3 is 49.2 Å². The van der Waals surface area contributed by atoms with Crippen LogP contribution in [-0.2, 0) is 32.7 Å². The highest BCUT2D eigenvalue weighted by atomic mass is 35.5. The Morgan fingerprint density at radius 2 is 1.64 bits per heavy atom. The van der Waals surface area contributed by atoms with Gasteiger partial charge in [-0.15, -0.1) is 5.10 Å². The van der Waals surface area contributed by atoms with E-state index in [9.17, 15) is 24.6 Å². The van der Waals surface area contributed by atoms with Crippen LogP contribution in [0, 0.1) is 18.7 Å². The number of nitrogens with one attached hydrogen (secondary N) is 1. The number of nitrogens with zero attached hydrogens (tertiary/aromatic N) is 11. The molecule has 0 unspecified atom stereocenters. The van der Waals surface area contributed by atoms with Crippen molar-refractivity contribution in [2.24, 2.45) is 13.0 Å². The number of β-amino-alcohol motifs (C(OH)–C–C–N with tert-alkyl or cyclic N) is 1. The third-order valence-electron chi connectivity index (χ3n) is 16.2. The predicted molar refractivity (Wildman–Crippen MR) is 321 cm³/mol. The van der Waals surface area contributed by atoms with E-state index in [2.05, 4.69) is 30.6 Å². The van der Waals surface area contributed by atoms with Crippen molar-refractivity contribution in [2.75, 3.05) is 44.9 Å². The number of methoxy groups -OCH3 is 1. The monoisotopic (exact) mass is 1190 g/mol. The molecular weight excluding hydrogens is 1120 g/mol. The third-order valence-corrected chi connectivity index (χ3v) is 16.5. The molecule has 0 saturated carbocycles. The average Bonchev–Trinajstić information content (AvgIpc) is 2.06. The van der Waals surface area contributed by atoms with Gasteiger partial charge in [0.2, 0.25) is 11.8 Å². The van der Waals surface area contributed by atoms with Gasteiger partial charge in [0, 0.05) is 92.3 Å². The van der Waals surface area contributed by atoms with Crippen LogP contribution in [0.5, 0.6) is 11.8 Å². The second kappa shape index (κ2) is 24.2. The summed E-state index contributed by atoms with van der Waals surface area (Å²) < 4.78 is 43.8. The Kier molecular flexibility index (Phi) is 16.7. The largest absolute Gasteiger partial charge is 0.486 e. The smallest absolute Gasteiger partial charge is 0.410 e. The molecule has 3 saturated heterocycles. The van der Waals surface area contributed by atoms with Crippen LogP contribution in [0.1, 0.15) is 83.2 Å². The first-order chi connectivity index (χ1) is 41.2. The zero-order valence-corrected chi connectivity index (χ0v) is 50.2. The van der Waals surface area contributed by atoms with Crippen molar-refractivity contribution >= 4 is 57.1 Å². The van der Waals surface area contributed by atoms with E-state index in [1.54, 1.807) is 55.3 Å². The van der Waals surface area contributed by atoms with E-state index >= 15 is 4.39 Å². The van der Waals surface area contributed by atoms with E-state index < -0.39 is 47.5 Å². The van der Waals surface area contributed by atoms with E-state index in [1.807, 2.05) is 108 Å². The molecular formula is C63H70ClFN12O9. The number of carbonyl (C=O) groups excluding carboxylic acids is 3. The van der Waals surface area contributed by atoms with Crippen LogP contribution in [0.3, 0.4) is 0 Å². The first kappa shape index (κ1) is 59.4. The summed E-state index contributed by atoms with van der Waals surface area (Å²) in [6, 6.07) is 19.0. The lowest BCUT2D eigenvalue weighted by molar-refractivity contribution is -0.142. The Hall–Kier alpha value is -8.31. The highest BCUT2D eigenvalue weighted by Gasteiger charge is 2.48. The molecule has 3 amide bonds. The summed E-state index contributed by atoms with van der Waals surface area (Å²) in [7, 11) is 3.35. The lowest BCUT2D eigenvalue weighted by Crippen LogP contribution is -2.50. The molecule has 23 heteroatoms. The van der Waals surface area contributed by atoms with E-state index in [1.165, 1.54) is 15.6 Å². The SMILES string of the molecule is CO[C@@H](C)COc1nc(N2C[C@@H]3C[C@H]2CN3C(=O)OC(C)(C)C)c2cc(Cl)c(-c3c(C)c(F)cc4nn(C)cc34)c(OCc3ccc(-c4cn([C@H](C(=O)N5C[C@H](O)C[C@H]5C(=O)N[C@@H](CO)c5ccc(-c6cccnc6)cc5)C(C)C)nn4)cc3)c2n1. The number of hydrogen-bond donors (Lipinski definition) is 3. The molecule has 3 aliphatic rings. The fraction of sp³-hybridized carbons (Fsp3) is 0.413. The molecule has 8 aromatic rings. The topological polar surface area (TPSA) is 238 Å². The van der Waals surface area contributed by atoms with Crippen LogP contribution in [0.4, 0.5) is 15.0 Å². The number of aromatic nitrogens is 8. The predicted octanol–water partition coefficient (Wildman–Crippen LogP) is 8.80. The highest BCUT2D eigenvalue weighted by molar-refractivity contribution is 6.35. The molecule has 450 valence electrons. The molecule has 0 radical (unpaired) electrons. The van der Waals surface area contributed by atoms with Crippen LogP contribution in [0.25, 0.3) is 55.3 Å². The van der Waals surface area contributed by atoms with Crippen molar-refractivity contribution in [3.05, 3.63) is 125 Å².